The number of halogens is 1. The van der Waals surface area contributed by atoms with Crippen molar-refractivity contribution >= 4 is 23.7 Å². The summed E-state index contributed by atoms with van der Waals surface area (Å²) in [4.78, 5) is 26.6. The Labute approximate surface area is 237 Å². The van der Waals surface area contributed by atoms with Crippen molar-refractivity contribution in [2.75, 3.05) is 39.8 Å². The zero-order chi connectivity index (χ0) is 27.6. The topological polar surface area (TPSA) is 103 Å². The molecule has 3 amide bonds. The van der Waals surface area contributed by atoms with Gasteiger partial charge in [-0.15, -0.1) is 0 Å². The molecule has 4 aliphatic carbocycles. The minimum absolute atomic E-state index is 0.00930. The third-order valence-corrected chi connectivity index (χ3v) is 10.5. The molecule has 4 N–H and O–H groups in total. The van der Waals surface area contributed by atoms with E-state index in [1.165, 1.54) is 32.1 Å². The highest BCUT2D eigenvalue weighted by atomic mass is 35.5. The van der Waals surface area contributed by atoms with E-state index in [2.05, 4.69) is 16.0 Å². The van der Waals surface area contributed by atoms with E-state index in [9.17, 15) is 9.59 Å². The quantitative estimate of drug-likeness (QED) is 0.283. The first-order chi connectivity index (χ1) is 18.7. The number of ether oxygens (including phenoxy) is 1. The predicted molar refractivity (Wildman–Crippen MR) is 152 cm³/mol. The van der Waals surface area contributed by atoms with Crippen LogP contribution in [0.1, 0.15) is 63.9 Å². The molecule has 6 rings (SSSR count). The molecule has 0 radical (unpaired) electrons. The number of benzene rings is 1. The third kappa shape index (κ3) is 6.18. The van der Waals surface area contributed by atoms with Crippen molar-refractivity contribution in [3.63, 3.8) is 0 Å². The van der Waals surface area contributed by atoms with Gasteiger partial charge in [-0.2, -0.15) is 0 Å². The Balaban J connectivity index is 1.26. The first-order valence-corrected chi connectivity index (χ1v) is 15.2. The fraction of sp³-hybridized carbons (Fsp3) is 0.733. The molecule has 39 heavy (non-hydrogen) atoms. The van der Waals surface area contributed by atoms with Crippen LogP contribution < -0.4 is 16.0 Å². The van der Waals surface area contributed by atoms with Gasteiger partial charge in [-0.3, -0.25) is 0 Å². The van der Waals surface area contributed by atoms with E-state index in [1.807, 2.05) is 43.1 Å². The molecule has 5 atom stereocenters. The predicted octanol–water partition coefficient (Wildman–Crippen LogP) is 5.07. The molecular weight excluding hydrogens is 516 g/mol. The van der Waals surface area contributed by atoms with Crippen LogP contribution in [0, 0.1) is 29.1 Å². The van der Waals surface area contributed by atoms with Crippen LogP contribution in [0.3, 0.4) is 0 Å². The van der Waals surface area contributed by atoms with Crippen molar-refractivity contribution in [3.8, 4) is 0 Å². The van der Waals surface area contributed by atoms with Crippen LogP contribution in [-0.2, 0) is 10.3 Å². The summed E-state index contributed by atoms with van der Waals surface area (Å²) in [6, 6.07) is 7.79. The molecule has 216 valence electrons. The highest BCUT2D eigenvalue weighted by Gasteiger charge is 2.57. The van der Waals surface area contributed by atoms with Gasteiger partial charge in [0.15, 0.2) is 0 Å². The number of nitrogens with zero attached hydrogens (tertiary/aromatic N) is 1. The average molecular weight is 561 g/mol. The van der Waals surface area contributed by atoms with Crippen molar-refractivity contribution < 1.29 is 19.4 Å². The lowest BCUT2D eigenvalue weighted by molar-refractivity contribution is -0.0926. The van der Waals surface area contributed by atoms with Crippen molar-refractivity contribution in [1.82, 2.24) is 20.9 Å². The first-order valence-electron chi connectivity index (χ1n) is 14.8. The molecule has 1 saturated heterocycles. The monoisotopic (exact) mass is 560 g/mol. The Morgan fingerprint density at radius 1 is 1.26 bits per heavy atom. The molecule has 8 nitrogen and oxygen atoms in total. The van der Waals surface area contributed by atoms with Gasteiger partial charge >= 0.3 is 12.1 Å². The van der Waals surface area contributed by atoms with Gasteiger partial charge in [-0.1, -0.05) is 23.7 Å². The van der Waals surface area contributed by atoms with Crippen LogP contribution in [0.2, 0.25) is 5.02 Å². The van der Waals surface area contributed by atoms with Gasteiger partial charge in [-0.05, 0) is 106 Å². The number of rotatable bonds is 11. The minimum atomic E-state index is -1.07. The fourth-order valence-corrected chi connectivity index (χ4v) is 8.93. The van der Waals surface area contributed by atoms with E-state index < -0.39 is 11.7 Å². The molecule has 0 spiro atoms. The number of hydrogen-bond acceptors (Lipinski definition) is 4. The Bertz CT molecular complexity index is 1030. The van der Waals surface area contributed by atoms with Crippen LogP contribution in [0.4, 0.5) is 9.59 Å². The fourth-order valence-electron chi connectivity index (χ4n) is 8.74. The molecule has 1 aromatic rings. The number of piperidine rings is 1. The van der Waals surface area contributed by atoms with Gasteiger partial charge in [0.05, 0.1) is 12.2 Å². The number of carbonyl (C=O) groups excluding carboxylic acids is 1. The molecule has 1 heterocycles. The van der Waals surface area contributed by atoms with E-state index in [1.54, 1.807) is 0 Å². The number of likely N-dealkylation sites (tertiary alicyclic amines) is 1. The largest absolute Gasteiger partial charge is 0.465 e. The van der Waals surface area contributed by atoms with Crippen molar-refractivity contribution in [2.24, 2.45) is 29.1 Å². The lowest BCUT2D eigenvalue weighted by Gasteiger charge is -2.44. The summed E-state index contributed by atoms with van der Waals surface area (Å²) >= 11 is 6.35. The Morgan fingerprint density at radius 3 is 2.72 bits per heavy atom. The van der Waals surface area contributed by atoms with Crippen LogP contribution in [-0.4, -0.2) is 68.0 Å². The molecule has 5 aliphatic rings. The molecule has 9 heteroatoms. The second-order valence-corrected chi connectivity index (χ2v) is 13.2. The maximum Gasteiger partial charge on any atom is 0.404 e. The summed E-state index contributed by atoms with van der Waals surface area (Å²) in [7, 11) is 1.97. The van der Waals surface area contributed by atoms with Crippen LogP contribution in [0.5, 0.6) is 0 Å². The van der Waals surface area contributed by atoms with E-state index in [4.69, 9.17) is 21.4 Å². The van der Waals surface area contributed by atoms with Gasteiger partial charge in [0, 0.05) is 43.2 Å². The number of urea groups is 1. The number of nitrogens with one attached hydrogen (secondary N) is 3. The number of amides is 3. The summed E-state index contributed by atoms with van der Waals surface area (Å²) < 4.78 is 6.40. The highest BCUT2D eigenvalue weighted by molar-refractivity contribution is 6.30. The maximum atomic E-state index is 13.7. The summed E-state index contributed by atoms with van der Waals surface area (Å²) in [6.07, 6.45) is 8.72. The van der Waals surface area contributed by atoms with Crippen molar-refractivity contribution in [1.29, 1.82) is 0 Å². The lowest BCUT2D eigenvalue weighted by Crippen LogP contribution is -2.54. The second kappa shape index (κ2) is 11.8. The SMILES string of the molecule is CNCC(CC12CC3CC(CC1C3)C2)NC(=O)N1CCCC(C(C)(OCCNC(=O)O)c2cccc(Cl)c2)C1. The summed E-state index contributed by atoms with van der Waals surface area (Å²) in [5, 5.41) is 18.7. The average Bonchev–Trinajstić information content (AvgIpc) is 3.28. The van der Waals surface area contributed by atoms with Gasteiger partial charge in [0.1, 0.15) is 0 Å². The highest BCUT2D eigenvalue weighted by Crippen LogP contribution is 2.67. The lowest BCUT2D eigenvalue weighted by atomic mass is 9.72. The third-order valence-electron chi connectivity index (χ3n) is 10.3. The van der Waals surface area contributed by atoms with Gasteiger partial charge in [0.2, 0.25) is 0 Å². The Morgan fingerprint density at radius 2 is 2.03 bits per heavy atom. The first kappa shape index (κ1) is 28.5. The molecule has 5 unspecified atom stereocenters. The van der Waals surface area contributed by atoms with Crippen LogP contribution in [0.15, 0.2) is 24.3 Å². The zero-order valence-electron chi connectivity index (χ0n) is 23.4. The standard InChI is InChI=1S/C30H45ClN4O4/c1-29(39-10-8-33-28(37)38,22-5-3-7-25(31)14-22)23-6-4-9-35(19-23)27(36)34-26(18-32-2)17-30-15-20-11-21(16-30)13-24(30)12-20/h3,5,7,14,20-21,23-24,26,32-33H,4,6,8-13,15-19H2,1-2H3,(H,34,36)(H,37,38). The van der Waals surface area contributed by atoms with Gasteiger partial charge in [0.25, 0.3) is 0 Å². The molecule has 4 saturated carbocycles. The molecule has 1 aromatic carbocycles. The van der Waals surface area contributed by atoms with E-state index in [-0.39, 0.29) is 31.1 Å². The van der Waals surface area contributed by atoms with E-state index in [0.717, 1.165) is 55.7 Å². The van der Waals surface area contributed by atoms with Crippen molar-refractivity contribution in [2.45, 2.75) is 69.9 Å². The Hall–Kier alpha value is -2.03. The summed E-state index contributed by atoms with van der Waals surface area (Å²) in [5.41, 5.74) is 0.655. The smallest absolute Gasteiger partial charge is 0.404 e. The molecule has 4 bridgehead atoms. The van der Waals surface area contributed by atoms with Gasteiger partial charge in [-0.25, -0.2) is 9.59 Å². The number of carboxylic acid groups (broad SMARTS) is 1. The molecular formula is C30H45ClN4O4. The second-order valence-electron chi connectivity index (χ2n) is 12.8. The van der Waals surface area contributed by atoms with Gasteiger partial charge < -0.3 is 30.7 Å². The van der Waals surface area contributed by atoms with Crippen LogP contribution in [0.25, 0.3) is 0 Å². The number of hydrogen-bond donors (Lipinski definition) is 4. The van der Waals surface area contributed by atoms with E-state index in [0.29, 0.717) is 17.0 Å². The van der Waals surface area contributed by atoms with E-state index >= 15 is 0 Å². The molecule has 0 aromatic heterocycles. The zero-order valence-corrected chi connectivity index (χ0v) is 24.1. The summed E-state index contributed by atoms with van der Waals surface area (Å²) in [5.74, 6) is 2.71. The minimum Gasteiger partial charge on any atom is -0.465 e. The number of likely N-dealkylation sites (N-methyl/N-ethyl adjacent to an activating group) is 1. The molecule has 5 fully saturated rings. The summed E-state index contributed by atoms with van der Waals surface area (Å²) in [6.45, 7) is 4.54. The maximum absolute atomic E-state index is 13.7. The Kier molecular flexibility index (Phi) is 8.65. The van der Waals surface area contributed by atoms with Crippen molar-refractivity contribution in [3.05, 3.63) is 34.9 Å². The number of carbonyl (C=O) groups is 2. The normalized spacial score (nSPS) is 31.6. The molecule has 1 aliphatic heterocycles. The van der Waals surface area contributed by atoms with Crippen LogP contribution >= 0.6 is 11.6 Å².